The number of hydrogen-bond donors (Lipinski definition) is 0. The Morgan fingerprint density at radius 3 is 2.64 bits per heavy atom. The second-order valence-electron chi connectivity index (χ2n) is 7.18. The molecule has 0 radical (unpaired) electrons. The van der Waals surface area contributed by atoms with Crippen LogP contribution in [0.25, 0.3) is 10.2 Å². The van der Waals surface area contributed by atoms with Gasteiger partial charge < -0.3 is 9.80 Å². The van der Waals surface area contributed by atoms with Gasteiger partial charge in [0.15, 0.2) is 0 Å². The largest absolute Gasteiger partial charge is 0.353 e. The average Bonchev–Trinajstić information content (AvgIpc) is 3.15. The molecule has 1 fully saturated rings. The summed E-state index contributed by atoms with van der Waals surface area (Å²) in [5, 5.41) is 1.29. The number of thiophene rings is 1. The molecule has 134 valence electrons. The highest BCUT2D eigenvalue weighted by molar-refractivity contribution is 7.19. The van der Waals surface area contributed by atoms with Gasteiger partial charge in [-0.05, 0) is 31.7 Å². The van der Waals surface area contributed by atoms with Gasteiger partial charge in [0, 0.05) is 45.2 Å². The van der Waals surface area contributed by atoms with Crippen LogP contribution in [0.2, 0.25) is 0 Å². The van der Waals surface area contributed by atoms with Crippen LogP contribution in [0.1, 0.15) is 22.7 Å². The minimum absolute atomic E-state index is 0.171. The predicted molar refractivity (Wildman–Crippen MR) is 102 cm³/mol. The van der Waals surface area contributed by atoms with E-state index < -0.39 is 0 Å². The standard InChI is InChI=1S/C18H25N5OS/c1-12-19-17(16-13-5-4-6-14(13)25-18(16)20-12)23-9-7-22(8-10-23)11-15(24)21(2)3/h4-11H2,1-3H3. The van der Waals surface area contributed by atoms with E-state index in [1.165, 1.54) is 28.7 Å². The Morgan fingerprint density at radius 2 is 1.92 bits per heavy atom. The molecular weight excluding hydrogens is 334 g/mol. The van der Waals surface area contributed by atoms with Crippen molar-refractivity contribution in [3.05, 3.63) is 16.3 Å². The van der Waals surface area contributed by atoms with E-state index in [1.54, 1.807) is 4.90 Å². The molecule has 1 aliphatic carbocycles. The smallest absolute Gasteiger partial charge is 0.236 e. The van der Waals surface area contributed by atoms with Gasteiger partial charge in [-0.1, -0.05) is 0 Å². The van der Waals surface area contributed by atoms with E-state index in [0.717, 1.165) is 49.1 Å². The van der Waals surface area contributed by atoms with Crippen molar-refractivity contribution in [1.29, 1.82) is 0 Å². The summed E-state index contributed by atoms with van der Waals surface area (Å²) in [6.07, 6.45) is 3.60. The van der Waals surface area contributed by atoms with E-state index >= 15 is 0 Å². The van der Waals surface area contributed by atoms with Crippen LogP contribution < -0.4 is 4.90 Å². The lowest BCUT2D eigenvalue weighted by Crippen LogP contribution is -2.49. The number of rotatable bonds is 3. The van der Waals surface area contributed by atoms with Crippen LogP contribution in [0.4, 0.5) is 5.82 Å². The average molecular weight is 359 g/mol. The molecule has 2 aliphatic rings. The van der Waals surface area contributed by atoms with Crippen LogP contribution in [0.15, 0.2) is 0 Å². The third-order valence-corrected chi connectivity index (χ3v) is 6.37. The van der Waals surface area contributed by atoms with E-state index in [2.05, 4.69) is 14.8 Å². The maximum Gasteiger partial charge on any atom is 0.236 e. The van der Waals surface area contributed by atoms with Gasteiger partial charge in [0.05, 0.1) is 11.9 Å². The highest BCUT2D eigenvalue weighted by Crippen LogP contribution is 2.40. The fourth-order valence-corrected chi connectivity index (χ4v) is 5.06. The predicted octanol–water partition coefficient (Wildman–Crippen LogP) is 1.70. The lowest BCUT2D eigenvalue weighted by molar-refractivity contribution is -0.129. The molecule has 6 nitrogen and oxygen atoms in total. The van der Waals surface area contributed by atoms with Crippen molar-refractivity contribution in [3.8, 4) is 0 Å². The Labute approximate surface area is 152 Å². The molecule has 1 aliphatic heterocycles. The third-order valence-electron chi connectivity index (χ3n) is 5.19. The number of aryl methyl sites for hydroxylation is 3. The second kappa shape index (κ2) is 6.53. The fraction of sp³-hybridized carbons (Fsp3) is 0.611. The molecular formula is C18H25N5OS. The maximum absolute atomic E-state index is 11.9. The summed E-state index contributed by atoms with van der Waals surface area (Å²) in [5.41, 5.74) is 1.49. The molecule has 25 heavy (non-hydrogen) atoms. The van der Waals surface area contributed by atoms with Crippen LogP contribution in [0.3, 0.4) is 0 Å². The van der Waals surface area contributed by atoms with Crippen LogP contribution >= 0.6 is 11.3 Å². The fourth-order valence-electron chi connectivity index (χ4n) is 3.76. The van der Waals surface area contributed by atoms with Crippen LogP contribution in [-0.2, 0) is 17.6 Å². The van der Waals surface area contributed by atoms with Crippen molar-refractivity contribution in [2.24, 2.45) is 0 Å². The second-order valence-corrected chi connectivity index (χ2v) is 8.27. The van der Waals surface area contributed by atoms with Crippen molar-refractivity contribution in [3.63, 3.8) is 0 Å². The third kappa shape index (κ3) is 3.11. The van der Waals surface area contributed by atoms with Gasteiger partial charge in [-0.3, -0.25) is 9.69 Å². The van der Waals surface area contributed by atoms with E-state index in [1.807, 2.05) is 32.4 Å². The highest BCUT2D eigenvalue weighted by atomic mass is 32.1. The minimum Gasteiger partial charge on any atom is -0.353 e. The molecule has 3 heterocycles. The number of fused-ring (bicyclic) bond motifs is 3. The number of piperazine rings is 1. The van der Waals surface area contributed by atoms with Gasteiger partial charge in [0.25, 0.3) is 0 Å². The van der Waals surface area contributed by atoms with Gasteiger partial charge in [0.1, 0.15) is 16.5 Å². The van der Waals surface area contributed by atoms with Crippen molar-refractivity contribution >= 4 is 33.3 Å². The number of hydrogen-bond acceptors (Lipinski definition) is 6. The molecule has 1 saturated heterocycles. The molecule has 2 aromatic rings. The Balaban J connectivity index is 1.56. The lowest BCUT2D eigenvalue weighted by Gasteiger charge is -2.35. The molecule has 0 spiro atoms. The molecule has 2 aromatic heterocycles. The number of anilines is 1. The first-order chi connectivity index (χ1) is 12.0. The molecule has 0 saturated carbocycles. The molecule has 0 N–H and O–H groups in total. The van der Waals surface area contributed by atoms with Crippen molar-refractivity contribution in [1.82, 2.24) is 19.8 Å². The zero-order chi connectivity index (χ0) is 17.6. The highest BCUT2D eigenvalue weighted by Gasteiger charge is 2.26. The van der Waals surface area contributed by atoms with E-state index in [-0.39, 0.29) is 5.91 Å². The Hall–Kier alpha value is -1.73. The normalized spacial score (nSPS) is 18.0. The van der Waals surface area contributed by atoms with Crippen LogP contribution in [0.5, 0.6) is 0 Å². The number of aromatic nitrogens is 2. The summed E-state index contributed by atoms with van der Waals surface area (Å²) in [7, 11) is 3.63. The molecule has 0 aromatic carbocycles. The summed E-state index contributed by atoms with van der Waals surface area (Å²) in [5.74, 6) is 2.14. The number of amides is 1. The van der Waals surface area contributed by atoms with Crippen LogP contribution in [-0.4, -0.2) is 72.5 Å². The summed E-state index contributed by atoms with van der Waals surface area (Å²) in [6.45, 7) is 6.12. The van der Waals surface area contributed by atoms with Gasteiger partial charge in [0.2, 0.25) is 5.91 Å². The number of carbonyl (C=O) groups is 1. The topological polar surface area (TPSA) is 52.6 Å². The lowest BCUT2D eigenvalue weighted by atomic mass is 10.1. The monoisotopic (exact) mass is 359 g/mol. The Kier molecular flexibility index (Phi) is 4.37. The summed E-state index contributed by atoms with van der Waals surface area (Å²) in [4.78, 5) is 30.4. The van der Waals surface area contributed by atoms with Crippen molar-refractivity contribution < 1.29 is 4.79 Å². The SMILES string of the molecule is Cc1nc(N2CCN(CC(=O)N(C)C)CC2)c2c3c(sc2n1)CCC3. The maximum atomic E-state index is 11.9. The van der Waals surface area contributed by atoms with Crippen LogP contribution in [0, 0.1) is 6.92 Å². The first-order valence-corrected chi connectivity index (χ1v) is 9.81. The van der Waals surface area contributed by atoms with E-state index in [0.29, 0.717) is 6.54 Å². The van der Waals surface area contributed by atoms with Gasteiger partial charge in [-0.15, -0.1) is 11.3 Å². The zero-order valence-corrected chi connectivity index (χ0v) is 16.0. The van der Waals surface area contributed by atoms with Gasteiger partial charge in [-0.2, -0.15) is 0 Å². The number of carbonyl (C=O) groups excluding carboxylic acids is 1. The summed E-state index contributed by atoms with van der Waals surface area (Å²) >= 11 is 1.85. The number of nitrogens with zero attached hydrogens (tertiary/aromatic N) is 5. The summed E-state index contributed by atoms with van der Waals surface area (Å²) in [6, 6.07) is 0. The molecule has 0 unspecified atom stereocenters. The molecule has 1 amide bonds. The first-order valence-electron chi connectivity index (χ1n) is 8.99. The summed E-state index contributed by atoms with van der Waals surface area (Å²) < 4.78 is 0. The minimum atomic E-state index is 0.171. The van der Waals surface area contributed by atoms with E-state index in [4.69, 9.17) is 4.98 Å². The van der Waals surface area contributed by atoms with Gasteiger partial charge >= 0.3 is 0 Å². The number of likely N-dealkylation sites (N-methyl/N-ethyl adjacent to an activating group) is 1. The first kappa shape index (κ1) is 16.7. The molecule has 7 heteroatoms. The Morgan fingerprint density at radius 1 is 1.16 bits per heavy atom. The quantitative estimate of drug-likeness (QED) is 0.835. The molecule has 0 atom stereocenters. The van der Waals surface area contributed by atoms with E-state index in [9.17, 15) is 4.79 Å². The molecule has 0 bridgehead atoms. The Bertz CT molecular complexity index is 807. The van der Waals surface area contributed by atoms with Crippen molar-refractivity contribution in [2.45, 2.75) is 26.2 Å². The van der Waals surface area contributed by atoms with Crippen molar-refractivity contribution in [2.75, 3.05) is 51.7 Å². The zero-order valence-electron chi connectivity index (χ0n) is 15.2. The van der Waals surface area contributed by atoms with Gasteiger partial charge in [-0.25, -0.2) is 9.97 Å². The molecule has 4 rings (SSSR count).